The van der Waals surface area contributed by atoms with Crippen molar-refractivity contribution in [2.24, 2.45) is 5.92 Å². The van der Waals surface area contributed by atoms with Gasteiger partial charge in [-0.05, 0) is 0 Å². The van der Waals surface area contributed by atoms with Gasteiger partial charge in [0.15, 0.2) is 12.4 Å². The number of aliphatic hydroxyl groups excluding tert-OH is 1. The van der Waals surface area contributed by atoms with Gasteiger partial charge in [0.1, 0.15) is 0 Å². The molecule has 5 nitrogen and oxygen atoms in total. The van der Waals surface area contributed by atoms with E-state index in [9.17, 15) is 4.79 Å². The molecule has 4 atom stereocenters. The third-order valence-corrected chi connectivity index (χ3v) is 2.56. The van der Waals surface area contributed by atoms with Crippen LogP contribution in [0.2, 0.25) is 0 Å². The van der Waals surface area contributed by atoms with Crippen LogP contribution >= 0.6 is 0 Å². The van der Waals surface area contributed by atoms with Gasteiger partial charge in [0, 0.05) is 13.0 Å². The van der Waals surface area contributed by atoms with E-state index in [0.29, 0.717) is 6.42 Å². The van der Waals surface area contributed by atoms with E-state index in [-0.39, 0.29) is 30.7 Å². The zero-order valence-corrected chi connectivity index (χ0v) is 7.30. The second-order valence-electron chi connectivity index (χ2n) is 3.28. The van der Waals surface area contributed by atoms with E-state index in [2.05, 4.69) is 0 Å². The van der Waals surface area contributed by atoms with Crippen molar-refractivity contribution in [3.63, 3.8) is 0 Å². The zero-order chi connectivity index (χ0) is 9.42. The number of carbonyl (C=O) groups is 1. The Morgan fingerprint density at radius 2 is 2.46 bits per heavy atom. The molecular formula is C8H12O5. The average molecular weight is 188 g/mol. The van der Waals surface area contributed by atoms with Gasteiger partial charge in [0.2, 0.25) is 0 Å². The lowest BCUT2D eigenvalue weighted by Crippen LogP contribution is -2.26. The van der Waals surface area contributed by atoms with Crippen molar-refractivity contribution in [1.82, 2.24) is 0 Å². The van der Waals surface area contributed by atoms with E-state index in [4.69, 9.17) is 19.3 Å². The zero-order valence-electron chi connectivity index (χ0n) is 7.30. The Morgan fingerprint density at radius 1 is 1.69 bits per heavy atom. The number of aliphatic hydroxyl groups is 1. The number of fused-ring (bicyclic) bond motifs is 1. The molecule has 2 fully saturated rings. The van der Waals surface area contributed by atoms with Crippen LogP contribution in [0.5, 0.6) is 0 Å². The minimum atomic E-state index is -0.520. The van der Waals surface area contributed by atoms with Crippen LogP contribution in [0.25, 0.3) is 0 Å². The van der Waals surface area contributed by atoms with E-state index in [1.165, 1.54) is 7.11 Å². The van der Waals surface area contributed by atoms with Gasteiger partial charge in [0.05, 0.1) is 19.1 Å². The topological polar surface area (TPSA) is 65.0 Å². The van der Waals surface area contributed by atoms with Crippen LogP contribution in [0.3, 0.4) is 0 Å². The fraction of sp³-hybridized carbons (Fsp3) is 0.875. The summed E-state index contributed by atoms with van der Waals surface area (Å²) in [5.41, 5.74) is 0. The van der Waals surface area contributed by atoms with Crippen LogP contribution in [-0.2, 0) is 19.0 Å². The number of methoxy groups -OCH3 is 1. The molecule has 0 aromatic rings. The van der Waals surface area contributed by atoms with Crippen molar-refractivity contribution < 1.29 is 24.1 Å². The lowest BCUT2D eigenvalue weighted by Gasteiger charge is -2.14. The fourth-order valence-corrected chi connectivity index (χ4v) is 1.92. The summed E-state index contributed by atoms with van der Waals surface area (Å²) in [6.45, 7) is -0.0995. The Labute approximate surface area is 75.6 Å². The molecule has 0 saturated carbocycles. The van der Waals surface area contributed by atoms with Crippen molar-refractivity contribution in [1.29, 1.82) is 0 Å². The number of carbonyl (C=O) groups excluding carboxylic acids is 1. The van der Waals surface area contributed by atoms with E-state index < -0.39 is 6.29 Å². The smallest absolute Gasteiger partial charge is 0.306 e. The van der Waals surface area contributed by atoms with Crippen molar-refractivity contribution in [2.45, 2.75) is 24.9 Å². The average Bonchev–Trinajstić information content (AvgIpc) is 2.61. The minimum absolute atomic E-state index is 0.0533. The normalized spacial score (nSPS) is 43.4. The standard InChI is InChI=1S/C8H12O5/c1-11-8-7-4(2-6(10)13-7)5(3-9)12-8/h4-5,7-9H,2-3H2,1H3/t4-,5+,7-,8+/m1/s1. The van der Waals surface area contributed by atoms with Gasteiger partial charge in [-0.1, -0.05) is 0 Å². The molecule has 1 N–H and O–H groups in total. The van der Waals surface area contributed by atoms with Crippen LogP contribution in [0.4, 0.5) is 0 Å². The largest absolute Gasteiger partial charge is 0.457 e. The molecule has 2 saturated heterocycles. The van der Waals surface area contributed by atoms with Gasteiger partial charge in [0.25, 0.3) is 0 Å². The SMILES string of the molecule is CO[C@H]1O[C@@H](CO)[C@H]2CC(=O)O[C@@H]12. The highest BCUT2D eigenvalue weighted by molar-refractivity contribution is 5.72. The number of esters is 1. The summed E-state index contributed by atoms with van der Waals surface area (Å²) < 4.78 is 15.3. The summed E-state index contributed by atoms with van der Waals surface area (Å²) in [6, 6.07) is 0. The summed E-state index contributed by atoms with van der Waals surface area (Å²) in [4.78, 5) is 11.0. The predicted octanol–water partition coefficient (Wildman–Crippen LogP) is -0.718. The van der Waals surface area contributed by atoms with Crippen molar-refractivity contribution in [3.8, 4) is 0 Å². The molecule has 2 aliphatic rings. The summed E-state index contributed by atoms with van der Waals surface area (Å²) >= 11 is 0. The Morgan fingerprint density at radius 3 is 3.08 bits per heavy atom. The monoisotopic (exact) mass is 188 g/mol. The van der Waals surface area contributed by atoms with Gasteiger partial charge >= 0.3 is 5.97 Å². The van der Waals surface area contributed by atoms with Gasteiger partial charge in [-0.25, -0.2) is 0 Å². The molecule has 13 heavy (non-hydrogen) atoms. The number of hydrogen-bond acceptors (Lipinski definition) is 5. The first-order valence-corrected chi connectivity index (χ1v) is 4.25. The lowest BCUT2D eigenvalue weighted by molar-refractivity contribution is -0.176. The molecule has 2 rings (SSSR count). The maximum absolute atomic E-state index is 11.0. The van der Waals surface area contributed by atoms with Gasteiger partial charge < -0.3 is 19.3 Å². The predicted molar refractivity (Wildman–Crippen MR) is 40.7 cm³/mol. The third-order valence-electron chi connectivity index (χ3n) is 2.56. The quantitative estimate of drug-likeness (QED) is 0.579. The Kier molecular flexibility index (Phi) is 2.23. The number of rotatable bonds is 2. The number of hydrogen-bond donors (Lipinski definition) is 1. The molecule has 0 aromatic heterocycles. The second kappa shape index (κ2) is 3.25. The number of ether oxygens (including phenoxy) is 3. The van der Waals surface area contributed by atoms with Crippen molar-refractivity contribution >= 4 is 5.97 Å². The molecular weight excluding hydrogens is 176 g/mol. The molecule has 0 aliphatic carbocycles. The first-order valence-electron chi connectivity index (χ1n) is 4.25. The highest BCUT2D eigenvalue weighted by Gasteiger charge is 2.51. The van der Waals surface area contributed by atoms with Crippen molar-refractivity contribution in [2.75, 3.05) is 13.7 Å². The van der Waals surface area contributed by atoms with E-state index >= 15 is 0 Å². The summed E-state index contributed by atoms with van der Waals surface area (Å²) in [7, 11) is 1.49. The molecule has 2 aliphatic heterocycles. The first kappa shape index (κ1) is 8.93. The molecule has 0 spiro atoms. The van der Waals surface area contributed by atoms with E-state index in [1.54, 1.807) is 0 Å². The van der Waals surface area contributed by atoms with Gasteiger partial charge in [-0.3, -0.25) is 4.79 Å². The molecule has 74 valence electrons. The molecule has 0 radical (unpaired) electrons. The summed E-state index contributed by atoms with van der Waals surface area (Å²) in [6.07, 6.45) is -0.875. The van der Waals surface area contributed by atoms with E-state index in [1.807, 2.05) is 0 Å². The first-order chi connectivity index (χ1) is 6.26. The molecule has 5 heteroatoms. The Bertz CT molecular complexity index is 197. The Balaban J connectivity index is 2.11. The molecule has 0 amide bonds. The van der Waals surface area contributed by atoms with Gasteiger partial charge in [-0.15, -0.1) is 0 Å². The molecule has 2 heterocycles. The van der Waals surface area contributed by atoms with Crippen molar-refractivity contribution in [3.05, 3.63) is 0 Å². The maximum atomic E-state index is 11.0. The Hall–Kier alpha value is -0.650. The van der Waals surface area contributed by atoms with Crippen LogP contribution in [0.15, 0.2) is 0 Å². The third kappa shape index (κ3) is 1.33. The molecule has 0 unspecified atom stereocenters. The second-order valence-corrected chi connectivity index (χ2v) is 3.28. The fourth-order valence-electron chi connectivity index (χ4n) is 1.92. The highest BCUT2D eigenvalue weighted by atomic mass is 16.7. The van der Waals surface area contributed by atoms with Gasteiger partial charge in [-0.2, -0.15) is 0 Å². The van der Waals surface area contributed by atoms with Crippen LogP contribution in [0, 0.1) is 5.92 Å². The lowest BCUT2D eigenvalue weighted by atomic mass is 9.98. The van der Waals surface area contributed by atoms with Crippen LogP contribution in [0.1, 0.15) is 6.42 Å². The molecule has 0 bridgehead atoms. The molecule has 0 aromatic carbocycles. The highest BCUT2D eigenvalue weighted by Crippen LogP contribution is 2.37. The maximum Gasteiger partial charge on any atom is 0.306 e. The van der Waals surface area contributed by atoms with E-state index in [0.717, 1.165) is 0 Å². The van der Waals surface area contributed by atoms with Crippen LogP contribution in [-0.4, -0.2) is 43.3 Å². The summed E-state index contributed by atoms with van der Waals surface area (Å²) in [5, 5.41) is 8.97. The summed E-state index contributed by atoms with van der Waals surface area (Å²) in [5.74, 6) is -0.291. The van der Waals surface area contributed by atoms with Crippen LogP contribution < -0.4 is 0 Å². The minimum Gasteiger partial charge on any atom is -0.457 e.